The minimum atomic E-state index is 0.821. The Labute approximate surface area is 115 Å². The van der Waals surface area contributed by atoms with Gasteiger partial charge in [-0.05, 0) is 31.7 Å². The average Bonchev–Trinajstić information content (AvgIpc) is 2.33. The fourth-order valence-corrected chi connectivity index (χ4v) is 2.95. The highest BCUT2D eigenvalue weighted by Crippen LogP contribution is 2.31. The maximum absolute atomic E-state index is 3.77. The molecule has 1 heteroatoms. The summed E-state index contributed by atoms with van der Waals surface area (Å²) < 4.78 is 0. The molecule has 0 spiro atoms. The smallest absolute Gasteiger partial charge is 0.00696 e. The molecule has 1 saturated carbocycles. The van der Waals surface area contributed by atoms with Crippen molar-refractivity contribution in [3.05, 3.63) is 0 Å². The van der Waals surface area contributed by atoms with Gasteiger partial charge in [0.05, 0.1) is 0 Å². The second-order valence-electron chi connectivity index (χ2n) is 6.24. The van der Waals surface area contributed by atoms with Gasteiger partial charge >= 0.3 is 0 Å². The summed E-state index contributed by atoms with van der Waals surface area (Å²) in [7, 11) is 0. The van der Waals surface area contributed by atoms with Crippen LogP contribution in [0.4, 0.5) is 0 Å². The van der Waals surface area contributed by atoms with Crippen molar-refractivity contribution in [2.75, 3.05) is 6.54 Å². The van der Waals surface area contributed by atoms with E-state index in [-0.39, 0.29) is 0 Å². The molecule has 0 amide bonds. The third-order valence-corrected chi connectivity index (χ3v) is 4.43. The van der Waals surface area contributed by atoms with E-state index in [1.54, 1.807) is 0 Å². The van der Waals surface area contributed by atoms with Gasteiger partial charge in [0.1, 0.15) is 0 Å². The van der Waals surface area contributed by atoms with Crippen molar-refractivity contribution in [1.82, 2.24) is 5.32 Å². The lowest BCUT2D eigenvalue weighted by Gasteiger charge is -2.30. The number of rotatable bonds is 12. The van der Waals surface area contributed by atoms with E-state index in [9.17, 15) is 0 Å². The molecule has 1 aliphatic carbocycles. The van der Waals surface area contributed by atoms with E-state index in [1.165, 1.54) is 83.6 Å². The van der Waals surface area contributed by atoms with Crippen LogP contribution in [0, 0.1) is 5.92 Å². The summed E-state index contributed by atoms with van der Waals surface area (Å²) in [4.78, 5) is 0. The molecular formula is C17H35N. The predicted octanol–water partition coefficient (Wildman–Crippen LogP) is 5.30. The van der Waals surface area contributed by atoms with Crippen LogP contribution >= 0.6 is 0 Å². The van der Waals surface area contributed by atoms with E-state index in [1.807, 2.05) is 0 Å². The monoisotopic (exact) mass is 253 g/mol. The topological polar surface area (TPSA) is 12.0 Å². The Hall–Kier alpha value is -0.0400. The minimum Gasteiger partial charge on any atom is -0.314 e. The molecule has 1 aliphatic rings. The van der Waals surface area contributed by atoms with Gasteiger partial charge in [-0.25, -0.2) is 0 Å². The van der Waals surface area contributed by atoms with Gasteiger partial charge in [-0.1, -0.05) is 71.6 Å². The van der Waals surface area contributed by atoms with Gasteiger partial charge in [0, 0.05) is 6.04 Å². The zero-order valence-corrected chi connectivity index (χ0v) is 12.8. The van der Waals surface area contributed by atoms with Crippen molar-refractivity contribution in [3.63, 3.8) is 0 Å². The molecule has 1 rings (SSSR count). The standard InChI is InChI=1S/C17H35N/c1-3-5-6-7-8-9-13-17(18-14-4-2)15-16-11-10-12-16/h16-18H,3-15H2,1-2H3. The van der Waals surface area contributed by atoms with E-state index < -0.39 is 0 Å². The third-order valence-electron chi connectivity index (χ3n) is 4.43. The third kappa shape index (κ3) is 7.41. The normalized spacial score (nSPS) is 17.7. The summed E-state index contributed by atoms with van der Waals surface area (Å²) in [5.41, 5.74) is 0. The SMILES string of the molecule is CCCCCCCCC(CC1CCC1)NCCC. The average molecular weight is 253 g/mol. The van der Waals surface area contributed by atoms with Crippen molar-refractivity contribution in [3.8, 4) is 0 Å². The van der Waals surface area contributed by atoms with Gasteiger partial charge in [-0.2, -0.15) is 0 Å². The van der Waals surface area contributed by atoms with Crippen LogP contribution in [0.25, 0.3) is 0 Å². The quantitative estimate of drug-likeness (QED) is 0.466. The van der Waals surface area contributed by atoms with Gasteiger partial charge in [0.2, 0.25) is 0 Å². The van der Waals surface area contributed by atoms with Crippen molar-refractivity contribution in [1.29, 1.82) is 0 Å². The predicted molar refractivity (Wildman–Crippen MR) is 82.0 cm³/mol. The summed E-state index contributed by atoms with van der Waals surface area (Å²) >= 11 is 0. The molecule has 108 valence electrons. The maximum atomic E-state index is 3.77. The molecule has 1 unspecified atom stereocenters. The molecule has 1 atom stereocenters. The first-order valence-corrected chi connectivity index (χ1v) is 8.60. The summed E-state index contributed by atoms with van der Waals surface area (Å²) in [5.74, 6) is 1.06. The Kier molecular flexibility index (Phi) is 9.65. The summed E-state index contributed by atoms with van der Waals surface area (Å²) in [6, 6.07) is 0.821. The maximum Gasteiger partial charge on any atom is 0.00696 e. The minimum absolute atomic E-state index is 0.821. The van der Waals surface area contributed by atoms with Gasteiger partial charge < -0.3 is 5.32 Å². The second-order valence-corrected chi connectivity index (χ2v) is 6.24. The van der Waals surface area contributed by atoms with E-state index in [0.717, 1.165) is 12.0 Å². The van der Waals surface area contributed by atoms with Crippen molar-refractivity contribution < 1.29 is 0 Å². The Morgan fingerprint density at radius 2 is 1.67 bits per heavy atom. The second kappa shape index (κ2) is 10.8. The van der Waals surface area contributed by atoms with Gasteiger partial charge in [0.25, 0.3) is 0 Å². The van der Waals surface area contributed by atoms with Gasteiger partial charge in [0.15, 0.2) is 0 Å². The molecule has 1 fully saturated rings. The molecule has 1 N–H and O–H groups in total. The first-order chi connectivity index (χ1) is 8.86. The zero-order chi connectivity index (χ0) is 13.1. The highest BCUT2D eigenvalue weighted by molar-refractivity contribution is 4.77. The molecule has 0 saturated heterocycles. The Bertz CT molecular complexity index is 174. The van der Waals surface area contributed by atoms with Crippen LogP contribution in [0.15, 0.2) is 0 Å². The molecule has 0 heterocycles. The molecule has 0 aromatic heterocycles. The lowest BCUT2D eigenvalue weighted by Crippen LogP contribution is -2.33. The Balaban J connectivity index is 2.02. The van der Waals surface area contributed by atoms with Crippen LogP contribution in [0.5, 0.6) is 0 Å². The fourth-order valence-electron chi connectivity index (χ4n) is 2.95. The van der Waals surface area contributed by atoms with Gasteiger partial charge in [-0.3, -0.25) is 0 Å². The van der Waals surface area contributed by atoms with Crippen molar-refractivity contribution in [2.45, 2.75) is 96.9 Å². The number of unbranched alkanes of at least 4 members (excludes halogenated alkanes) is 5. The zero-order valence-electron chi connectivity index (χ0n) is 12.8. The van der Waals surface area contributed by atoms with Crippen LogP contribution in [-0.4, -0.2) is 12.6 Å². The molecule has 1 nitrogen and oxygen atoms in total. The Morgan fingerprint density at radius 3 is 2.28 bits per heavy atom. The summed E-state index contributed by atoms with van der Waals surface area (Å²) in [5, 5.41) is 3.77. The Morgan fingerprint density at radius 1 is 0.944 bits per heavy atom. The van der Waals surface area contributed by atoms with Crippen molar-refractivity contribution >= 4 is 0 Å². The highest BCUT2D eigenvalue weighted by Gasteiger charge is 2.21. The summed E-state index contributed by atoms with van der Waals surface area (Å²) in [6.45, 7) is 5.79. The van der Waals surface area contributed by atoms with Crippen LogP contribution in [0.3, 0.4) is 0 Å². The van der Waals surface area contributed by atoms with Crippen LogP contribution in [-0.2, 0) is 0 Å². The molecule has 0 aliphatic heterocycles. The lowest BCUT2D eigenvalue weighted by atomic mass is 9.80. The largest absolute Gasteiger partial charge is 0.314 e. The van der Waals surface area contributed by atoms with E-state index in [2.05, 4.69) is 19.2 Å². The number of hydrogen-bond acceptors (Lipinski definition) is 1. The molecular weight excluding hydrogens is 218 g/mol. The van der Waals surface area contributed by atoms with Crippen molar-refractivity contribution in [2.24, 2.45) is 5.92 Å². The molecule has 0 bridgehead atoms. The number of nitrogens with one attached hydrogen (secondary N) is 1. The molecule has 0 aromatic rings. The molecule has 0 radical (unpaired) electrons. The first-order valence-electron chi connectivity index (χ1n) is 8.60. The van der Waals surface area contributed by atoms with Crippen LogP contribution < -0.4 is 5.32 Å². The summed E-state index contributed by atoms with van der Waals surface area (Å²) in [6.07, 6.45) is 17.2. The molecule has 0 aromatic carbocycles. The first kappa shape index (κ1) is 16.0. The molecule has 18 heavy (non-hydrogen) atoms. The van der Waals surface area contributed by atoms with E-state index in [4.69, 9.17) is 0 Å². The van der Waals surface area contributed by atoms with Crippen LogP contribution in [0.1, 0.15) is 90.9 Å². The number of hydrogen-bond donors (Lipinski definition) is 1. The fraction of sp³-hybridized carbons (Fsp3) is 1.00. The lowest BCUT2D eigenvalue weighted by molar-refractivity contribution is 0.251. The highest BCUT2D eigenvalue weighted by atomic mass is 14.9. The van der Waals surface area contributed by atoms with E-state index >= 15 is 0 Å². The van der Waals surface area contributed by atoms with Crippen LogP contribution in [0.2, 0.25) is 0 Å². The van der Waals surface area contributed by atoms with E-state index in [0.29, 0.717) is 0 Å². The van der Waals surface area contributed by atoms with Gasteiger partial charge in [-0.15, -0.1) is 0 Å².